The Bertz CT molecular complexity index is 735. The van der Waals surface area contributed by atoms with Gasteiger partial charge < -0.3 is 11.5 Å². The summed E-state index contributed by atoms with van der Waals surface area (Å²) >= 11 is 1.09. The van der Waals surface area contributed by atoms with Crippen molar-refractivity contribution in [1.29, 1.82) is 0 Å². The van der Waals surface area contributed by atoms with Crippen LogP contribution in [0.2, 0.25) is 0 Å². The van der Waals surface area contributed by atoms with E-state index in [1.54, 1.807) is 0 Å². The maximum Gasteiger partial charge on any atom is 0.433 e. The molecule has 118 valence electrons. The van der Waals surface area contributed by atoms with Crippen LogP contribution < -0.4 is 11.5 Å². The maximum atomic E-state index is 12.9. The number of thioether (sulfide) groups is 1. The molecule has 2 aromatic rings. The number of nitrogens with two attached hydrogens (primary N) is 2. The number of aromatic nitrogens is 4. The molecule has 0 aliphatic heterocycles. The molecule has 0 saturated heterocycles. The number of hydrogen-bond donors (Lipinski definition) is 3. The zero-order valence-electron chi connectivity index (χ0n) is 11.3. The fourth-order valence-electron chi connectivity index (χ4n) is 1.74. The molecule has 0 aliphatic carbocycles. The summed E-state index contributed by atoms with van der Waals surface area (Å²) in [6.45, 7) is 0. The van der Waals surface area contributed by atoms with Crippen LogP contribution in [0, 0.1) is 0 Å². The molecule has 0 aliphatic rings. The standard InChI is InChI=1S/C11H12F3N7S/c1-17-9(11(12,13)14)5(3-15)4-22-6-2-7(16)18-10-8(6)19-21-20-10/h2-3H,4,15H2,1H3,(H3,16,18,19,20,21). The first-order valence-corrected chi connectivity index (χ1v) is 6.90. The smallest absolute Gasteiger partial charge is 0.404 e. The van der Waals surface area contributed by atoms with Gasteiger partial charge in [-0.2, -0.15) is 23.5 Å². The van der Waals surface area contributed by atoms with Gasteiger partial charge in [0.2, 0.25) is 5.65 Å². The zero-order chi connectivity index (χ0) is 16.3. The average molecular weight is 331 g/mol. The van der Waals surface area contributed by atoms with E-state index in [1.807, 2.05) is 0 Å². The molecule has 0 radical (unpaired) electrons. The van der Waals surface area contributed by atoms with Crippen molar-refractivity contribution in [3.05, 3.63) is 17.8 Å². The van der Waals surface area contributed by atoms with E-state index in [0.29, 0.717) is 16.1 Å². The maximum absolute atomic E-state index is 12.9. The molecule has 11 heteroatoms. The lowest BCUT2D eigenvalue weighted by molar-refractivity contribution is -0.0582. The minimum absolute atomic E-state index is 0.0475. The highest BCUT2D eigenvalue weighted by Gasteiger charge is 2.37. The Morgan fingerprint density at radius 1 is 1.45 bits per heavy atom. The number of nitrogens with zero attached hydrogens (tertiary/aromatic N) is 4. The molecule has 0 atom stereocenters. The highest BCUT2D eigenvalue weighted by molar-refractivity contribution is 7.99. The Kier molecular flexibility index (Phi) is 4.54. The third kappa shape index (κ3) is 3.30. The van der Waals surface area contributed by atoms with E-state index in [0.717, 1.165) is 25.0 Å². The second-order valence-electron chi connectivity index (χ2n) is 4.09. The van der Waals surface area contributed by atoms with Crippen LogP contribution in [-0.2, 0) is 0 Å². The van der Waals surface area contributed by atoms with E-state index in [4.69, 9.17) is 11.5 Å². The van der Waals surface area contributed by atoms with Gasteiger partial charge >= 0.3 is 6.18 Å². The quantitative estimate of drug-likeness (QED) is 0.577. The van der Waals surface area contributed by atoms with Crippen LogP contribution >= 0.6 is 11.8 Å². The fraction of sp³-hybridized carbons (Fsp3) is 0.273. The van der Waals surface area contributed by atoms with Crippen LogP contribution in [0.1, 0.15) is 0 Å². The first-order valence-electron chi connectivity index (χ1n) is 5.91. The second-order valence-corrected chi connectivity index (χ2v) is 5.11. The Morgan fingerprint density at radius 3 is 2.77 bits per heavy atom. The fourth-order valence-corrected chi connectivity index (χ4v) is 2.76. The van der Waals surface area contributed by atoms with Crippen molar-refractivity contribution in [3.8, 4) is 0 Å². The first kappa shape index (κ1) is 16.1. The predicted molar refractivity (Wildman–Crippen MR) is 78.5 cm³/mol. The summed E-state index contributed by atoms with van der Waals surface area (Å²) in [5.41, 5.74) is 10.5. The normalized spacial score (nSPS) is 13.8. The molecule has 0 saturated carbocycles. The van der Waals surface area contributed by atoms with Crippen molar-refractivity contribution in [3.63, 3.8) is 0 Å². The summed E-state index contributed by atoms with van der Waals surface area (Å²) in [4.78, 5) is 7.77. The van der Waals surface area contributed by atoms with Gasteiger partial charge in [-0.1, -0.05) is 0 Å². The SMILES string of the molecule is CN=C(C(=CN)CSc1cc(N)nc2n[nH]nc12)C(F)(F)F. The lowest BCUT2D eigenvalue weighted by Gasteiger charge is -2.13. The minimum atomic E-state index is -4.57. The Labute approximate surface area is 127 Å². The monoisotopic (exact) mass is 331 g/mol. The van der Waals surface area contributed by atoms with E-state index in [9.17, 15) is 13.2 Å². The summed E-state index contributed by atoms with van der Waals surface area (Å²) in [6.07, 6.45) is -3.67. The third-order valence-electron chi connectivity index (χ3n) is 2.66. The van der Waals surface area contributed by atoms with E-state index in [2.05, 4.69) is 25.4 Å². The van der Waals surface area contributed by atoms with Gasteiger partial charge in [0, 0.05) is 29.5 Å². The number of halogens is 3. The lowest BCUT2D eigenvalue weighted by Crippen LogP contribution is -2.26. The van der Waals surface area contributed by atoms with Crippen LogP contribution in [0.25, 0.3) is 11.2 Å². The van der Waals surface area contributed by atoms with Gasteiger partial charge in [0.1, 0.15) is 17.0 Å². The topological polar surface area (TPSA) is 119 Å². The summed E-state index contributed by atoms with van der Waals surface area (Å²) in [7, 11) is 1.07. The number of H-pyrrole nitrogens is 1. The molecule has 0 fully saturated rings. The van der Waals surface area contributed by atoms with Gasteiger partial charge in [-0.3, -0.25) is 4.99 Å². The molecule has 2 aromatic heterocycles. The molecule has 0 spiro atoms. The number of nitrogen functional groups attached to an aromatic ring is 1. The van der Waals surface area contributed by atoms with Gasteiger partial charge in [0.15, 0.2) is 0 Å². The summed E-state index contributed by atoms with van der Waals surface area (Å²) in [5.74, 6) is 0.149. The lowest BCUT2D eigenvalue weighted by atomic mass is 10.2. The molecule has 2 rings (SSSR count). The number of fused-ring (bicyclic) bond motifs is 1. The van der Waals surface area contributed by atoms with Gasteiger partial charge in [-0.15, -0.1) is 16.9 Å². The summed E-state index contributed by atoms with van der Waals surface area (Å²) in [5, 5.41) is 10.1. The van der Waals surface area contributed by atoms with Crippen molar-refractivity contribution in [1.82, 2.24) is 20.4 Å². The highest BCUT2D eigenvalue weighted by Crippen LogP contribution is 2.30. The second kappa shape index (κ2) is 6.22. The van der Waals surface area contributed by atoms with Crippen molar-refractivity contribution in [2.24, 2.45) is 10.7 Å². The molecule has 22 heavy (non-hydrogen) atoms. The molecular weight excluding hydrogens is 319 g/mol. The highest BCUT2D eigenvalue weighted by atomic mass is 32.2. The number of anilines is 1. The number of aromatic amines is 1. The summed E-state index contributed by atoms with van der Waals surface area (Å²) in [6, 6.07) is 1.51. The molecular formula is C11H12F3N7S. The number of alkyl halides is 3. The molecule has 5 N–H and O–H groups in total. The molecule has 0 bridgehead atoms. The third-order valence-corrected chi connectivity index (χ3v) is 3.74. The van der Waals surface area contributed by atoms with Gasteiger partial charge in [-0.25, -0.2) is 4.98 Å². The Morgan fingerprint density at radius 2 is 2.18 bits per heavy atom. The van der Waals surface area contributed by atoms with E-state index in [-0.39, 0.29) is 17.1 Å². The van der Waals surface area contributed by atoms with Gasteiger partial charge in [-0.05, 0) is 6.07 Å². The molecule has 0 amide bonds. The number of pyridine rings is 1. The average Bonchev–Trinajstić information content (AvgIpc) is 2.89. The van der Waals surface area contributed by atoms with Crippen LogP contribution in [0.3, 0.4) is 0 Å². The number of nitrogens with one attached hydrogen (secondary N) is 1. The van der Waals surface area contributed by atoms with Crippen LogP contribution in [0.5, 0.6) is 0 Å². The Hall–Kier alpha value is -2.30. The first-order chi connectivity index (χ1) is 10.4. The van der Waals surface area contributed by atoms with E-state index >= 15 is 0 Å². The predicted octanol–water partition coefficient (Wildman–Crippen LogP) is 1.50. The largest absolute Gasteiger partial charge is 0.433 e. The number of hydrogen-bond acceptors (Lipinski definition) is 7. The van der Waals surface area contributed by atoms with Crippen molar-refractivity contribution in [2.45, 2.75) is 11.1 Å². The van der Waals surface area contributed by atoms with Crippen LogP contribution in [-0.4, -0.2) is 45.1 Å². The van der Waals surface area contributed by atoms with E-state index in [1.165, 1.54) is 6.07 Å². The van der Waals surface area contributed by atoms with Crippen molar-refractivity contribution >= 4 is 34.5 Å². The number of rotatable bonds is 4. The van der Waals surface area contributed by atoms with Crippen molar-refractivity contribution < 1.29 is 13.2 Å². The molecule has 0 aromatic carbocycles. The molecule has 2 heterocycles. The van der Waals surface area contributed by atoms with Crippen LogP contribution in [0.15, 0.2) is 27.7 Å². The van der Waals surface area contributed by atoms with E-state index < -0.39 is 11.9 Å². The minimum Gasteiger partial charge on any atom is -0.404 e. The molecule has 0 unspecified atom stereocenters. The van der Waals surface area contributed by atoms with Crippen LogP contribution in [0.4, 0.5) is 19.0 Å². The zero-order valence-corrected chi connectivity index (χ0v) is 12.2. The Balaban J connectivity index is 2.25. The van der Waals surface area contributed by atoms with Gasteiger partial charge in [0.25, 0.3) is 0 Å². The summed E-state index contributed by atoms with van der Waals surface area (Å²) < 4.78 is 38.6. The molecule has 7 nitrogen and oxygen atoms in total. The van der Waals surface area contributed by atoms with Gasteiger partial charge in [0.05, 0.1) is 0 Å². The number of aliphatic imine (C=N–C) groups is 1. The van der Waals surface area contributed by atoms with Crippen molar-refractivity contribution in [2.75, 3.05) is 18.5 Å².